The van der Waals surface area contributed by atoms with Crippen molar-refractivity contribution in [2.75, 3.05) is 0 Å². The van der Waals surface area contributed by atoms with Crippen LogP contribution < -0.4 is 0 Å². The third-order valence-electron chi connectivity index (χ3n) is 3.18. The Hall–Kier alpha value is -2.69. The molecule has 3 rings (SSSR count). The monoisotopic (exact) mass is 254 g/mol. The number of fused-ring (bicyclic) bond motifs is 3. The number of rotatable bonds is 1. The predicted molar refractivity (Wildman–Crippen MR) is 72.4 cm³/mol. The van der Waals surface area contributed by atoms with Gasteiger partial charge in [0.2, 0.25) is 5.91 Å². The third-order valence-corrected chi connectivity index (χ3v) is 3.18. The lowest BCUT2D eigenvalue weighted by Gasteiger charge is -2.00. The maximum Gasteiger partial charge on any atom is 0.270 e. The van der Waals surface area contributed by atoms with E-state index < -0.39 is 4.92 Å². The summed E-state index contributed by atoms with van der Waals surface area (Å²) in [6.07, 6.45) is 0. The number of carbonyl (C=O) groups excluding carboxylic acids is 1. The number of aromatic nitrogens is 1. The number of hydrogen-bond acceptors (Lipinski definition) is 3. The molecule has 3 aromatic rings. The predicted octanol–water partition coefficient (Wildman–Crippen LogP) is 3.36. The summed E-state index contributed by atoms with van der Waals surface area (Å²) in [5.41, 5.74) is 1.49. The molecule has 0 spiro atoms. The van der Waals surface area contributed by atoms with Gasteiger partial charge in [0.25, 0.3) is 5.69 Å². The maximum absolute atomic E-state index is 11.8. The molecule has 1 heterocycles. The SMILES string of the molecule is CC(=O)n1c2ccccc2c2cc([N+](=O)[O-])ccc21. The Morgan fingerprint density at radius 1 is 1.11 bits per heavy atom. The molecule has 0 bridgehead atoms. The van der Waals surface area contributed by atoms with Gasteiger partial charge in [-0.05, 0) is 12.1 Å². The molecule has 0 N–H and O–H groups in total. The lowest BCUT2D eigenvalue weighted by Crippen LogP contribution is -2.04. The number of non-ortho nitro benzene ring substituents is 1. The quantitative estimate of drug-likeness (QED) is 0.494. The normalized spacial score (nSPS) is 11.0. The molecule has 1 aromatic heterocycles. The second-order valence-corrected chi connectivity index (χ2v) is 4.33. The molecular weight excluding hydrogens is 244 g/mol. The highest BCUT2D eigenvalue weighted by Gasteiger charge is 2.15. The minimum Gasteiger partial charge on any atom is -0.280 e. The highest BCUT2D eigenvalue weighted by atomic mass is 16.6. The maximum atomic E-state index is 11.8. The molecule has 0 unspecified atom stereocenters. The number of para-hydroxylation sites is 1. The van der Waals surface area contributed by atoms with Crippen molar-refractivity contribution in [3.8, 4) is 0 Å². The van der Waals surface area contributed by atoms with Crippen molar-refractivity contribution in [2.45, 2.75) is 6.92 Å². The van der Waals surface area contributed by atoms with Gasteiger partial charge in [-0.1, -0.05) is 18.2 Å². The van der Waals surface area contributed by atoms with Crippen molar-refractivity contribution < 1.29 is 9.72 Å². The molecule has 5 heteroatoms. The standard InChI is InChI=1S/C14H10N2O3/c1-9(17)15-13-5-3-2-4-11(13)12-8-10(16(18)19)6-7-14(12)15/h2-8H,1H3. The first kappa shape index (κ1) is 11.4. The van der Waals surface area contributed by atoms with E-state index in [-0.39, 0.29) is 11.6 Å². The van der Waals surface area contributed by atoms with Crippen LogP contribution in [0, 0.1) is 10.1 Å². The van der Waals surface area contributed by atoms with E-state index in [9.17, 15) is 14.9 Å². The van der Waals surface area contributed by atoms with Crippen LogP contribution in [0.25, 0.3) is 21.8 Å². The molecule has 0 aliphatic heterocycles. The molecule has 94 valence electrons. The van der Waals surface area contributed by atoms with Gasteiger partial charge >= 0.3 is 0 Å². The van der Waals surface area contributed by atoms with Crippen molar-refractivity contribution in [3.63, 3.8) is 0 Å². The second-order valence-electron chi connectivity index (χ2n) is 4.33. The Labute approximate surface area is 108 Å². The fourth-order valence-corrected chi connectivity index (χ4v) is 2.41. The number of nitro benzene ring substituents is 1. The number of benzene rings is 2. The third kappa shape index (κ3) is 1.59. The van der Waals surface area contributed by atoms with Crippen LogP contribution in [0.5, 0.6) is 0 Å². The van der Waals surface area contributed by atoms with E-state index in [4.69, 9.17) is 0 Å². The molecule has 0 radical (unpaired) electrons. The Kier molecular flexibility index (Phi) is 2.35. The van der Waals surface area contributed by atoms with Crippen LogP contribution in [0.15, 0.2) is 42.5 Å². The molecule has 0 saturated carbocycles. The van der Waals surface area contributed by atoms with Gasteiger partial charge in [0, 0.05) is 29.8 Å². The second kappa shape index (κ2) is 3.91. The summed E-state index contributed by atoms with van der Waals surface area (Å²) >= 11 is 0. The molecular formula is C14H10N2O3. The van der Waals surface area contributed by atoms with E-state index >= 15 is 0 Å². The van der Waals surface area contributed by atoms with E-state index in [0.29, 0.717) is 5.52 Å². The van der Waals surface area contributed by atoms with Crippen LogP contribution in [0.4, 0.5) is 5.69 Å². The minimum absolute atomic E-state index is 0.0268. The highest BCUT2D eigenvalue weighted by molar-refractivity contribution is 6.13. The van der Waals surface area contributed by atoms with E-state index in [1.807, 2.05) is 24.3 Å². The van der Waals surface area contributed by atoms with E-state index in [1.165, 1.54) is 19.1 Å². The van der Waals surface area contributed by atoms with Crippen LogP contribution in [-0.4, -0.2) is 15.4 Å². The van der Waals surface area contributed by atoms with Gasteiger partial charge in [-0.3, -0.25) is 19.5 Å². The first-order chi connectivity index (χ1) is 9.09. The first-order valence-corrected chi connectivity index (χ1v) is 5.78. The van der Waals surface area contributed by atoms with Gasteiger partial charge < -0.3 is 0 Å². The molecule has 2 aromatic carbocycles. The van der Waals surface area contributed by atoms with Crippen molar-refractivity contribution in [3.05, 3.63) is 52.6 Å². The topological polar surface area (TPSA) is 65.1 Å². The summed E-state index contributed by atoms with van der Waals surface area (Å²) < 4.78 is 1.58. The zero-order valence-electron chi connectivity index (χ0n) is 10.2. The summed E-state index contributed by atoms with van der Waals surface area (Å²) in [4.78, 5) is 22.2. The molecule has 0 atom stereocenters. The summed E-state index contributed by atoms with van der Waals surface area (Å²) in [6, 6.07) is 11.9. The van der Waals surface area contributed by atoms with E-state index in [0.717, 1.165) is 16.3 Å². The smallest absolute Gasteiger partial charge is 0.270 e. The molecule has 19 heavy (non-hydrogen) atoms. The molecule has 0 fully saturated rings. The van der Waals surface area contributed by atoms with Crippen LogP contribution in [0.1, 0.15) is 11.7 Å². The lowest BCUT2D eigenvalue weighted by atomic mass is 10.1. The number of hydrogen-bond donors (Lipinski definition) is 0. The van der Waals surface area contributed by atoms with E-state index in [2.05, 4.69) is 0 Å². The van der Waals surface area contributed by atoms with Crippen molar-refractivity contribution in [2.24, 2.45) is 0 Å². The largest absolute Gasteiger partial charge is 0.280 e. The fraction of sp³-hybridized carbons (Fsp3) is 0.0714. The zero-order valence-corrected chi connectivity index (χ0v) is 10.2. The number of carbonyl (C=O) groups is 1. The van der Waals surface area contributed by atoms with Gasteiger partial charge in [-0.25, -0.2) is 0 Å². The Morgan fingerprint density at radius 3 is 2.47 bits per heavy atom. The first-order valence-electron chi connectivity index (χ1n) is 5.78. The summed E-state index contributed by atoms with van der Waals surface area (Å²) in [6.45, 7) is 1.48. The molecule has 5 nitrogen and oxygen atoms in total. The molecule has 0 amide bonds. The molecule has 0 aliphatic carbocycles. The summed E-state index contributed by atoms with van der Waals surface area (Å²) in [5, 5.41) is 12.4. The Bertz CT molecular complexity index is 833. The van der Waals surface area contributed by atoms with Crippen molar-refractivity contribution >= 4 is 33.4 Å². The zero-order chi connectivity index (χ0) is 13.6. The van der Waals surface area contributed by atoms with Crippen molar-refractivity contribution in [1.29, 1.82) is 0 Å². The summed E-state index contributed by atoms with van der Waals surface area (Å²) in [5.74, 6) is -0.111. The van der Waals surface area contributed by atoms with Gasteiger partial charge in [0.15, 0.2) is 0 Å². The van der Waals surface area contributed by atoms with Gasteiger partial charge in [0.05, 0.1) is 16.0 Å². The molecule has 0 aliphatic rings. The fourth-order valence-electron chi connectivity index (χ4n) is 2.41. The van der Waals surface area contributed by atoms with Crippen LogP contribution in [0.2, 0.25) is 0 Å². The van der Waals surface area contributed by atoms with Gasteiger partial charge in [-0.2, -0.15) is 0 Å². The average Bonchev–Trinajstić information content (AvgIpc) is 2.72. The average molecular weight is 254 g/mol. The minimum atomic E-state index is -0.431. The van der Waals surface area contributed by atoms with Gasteiger partial charge in [0.1, 0.15) is 0 Å². The lowest BCUT2D eigenvalue weighted by molar-refractivity contribution is -0.384. The number of nitrogens with zero attached hydrogens (tertiary/aromatic N) is 2. The van der Waals surface area contributed by atoms with Crippen LogP contribution >= 0.6 is 0 Å². The highest BCUT2D eigenvalue weighted by Crippen LogP contribution is 2.31. The van der Waals surface area contributed by atoms with Gasteiger partial charge in [-0.15, -0.1) is 0 Å². The van der Waals surface area contributed by atoms with E-state index in [1.54, 1.807) is 10.6 Å². The Morgan fingerprint density at radius 2 is 1.79 bits per heavy atom. The Balaban J connectivity index is 2.52. The van der Waals surface area contributed by atoms with Crippen molar-refractivity contribution in [1.82, 2.24) is 4.57 Å². The molecule has 0 saturated heterocycles. The summed E-state index contributed by atoms with van der Waals surface area (Å²) in [7, 11) is 0. The van der Waals surface area contributed by atoms with Crippen LogP contribution in [0.3, 0.4) is 0 Å². The van der Waals surface area contributed by atoms with Crippen LogP contribution in [-0.2, 0) is 0 Å². The number of nitro groups is 1.